The van der Waals surface area contributed by atoms with Gasteiger partial charge in [0.05, 0.1) is 68.1 Å². The average molecular weight is 809 g/mol. The van der Waals surface area contributed by atoms with Crippen LogP contribution in [0, 0.1) is 0 Å². The number of hydrogen-bond donors (Lipinski definition) is 0. The van der Waals surface area contributed by atoms with Crippen molar-refractivity contribution in [3.63, 3.8) is 0 Å². The van der Waals surface area contributed by atoms with E-state index in [1.165, 1.54) is 0 Å². The van der Waals surface area contributed by atoms with E-state index in [1.54, 1.807) is 42.7 Å². The Bertz CT molecular complexity index is 2110. The summed E-state index contributed by atoms with van der Waals surface area (Å²) in [6.07, 6.45) is 0. The van der Waals surface area contributed by atoms with Gasteiger partial charge in [-0.3, -0.25) is 9.49 Å². The smallest absolute Gasteiger partial charge is 0.118 e. The van der Waals surface area contributed by atoms with Crippen molar-refractivity contribution in [2.75, 3.05) is 42.7 Å². The Morgan fingerprint density at radius 3 is 0.534 bits per heavy atom. The van der Waals surface area contributed by atoms with Crippen LogP contribution in [0.15, 0.2) is 179 Å². The van der Waals surface area contributed by atoms with Crippen molar-refractivity contribution in [1.29, 1.82) is 0 Å². The first-order valence-corrected chi connectivity index (χ1v) is 22.1. The molecule has 294 valence electrons. The lowest BCUT2D eigenvalue weighted by molar-refractivity contribution is 0.415. The van der Waals surface area contributed by atoms with Gasteiger partial charge in [0.2, 0.25) is 0 Å². The standard InChI is InChI=1S/C48H46N2O6P2/c1-51-37-11-23-43(24-12-37)57(44-25-13-38(52-2)14-26-44,45-27-15-39(53-3)16-28-45)49-35-7-9-36(10-8-35)50-58(46-29-17-40(54-4)18-30-46,47-31-19-41(55-5)20-32-47)48-33-21-42(56-6)22-34-48/h7-34H,1-6H3. The van der Waals surface area contributed by atoms with E-state index < -0.39 is 14.1 Å². The quantitative estimate of drug-likeness (QED) is 0.102. The van der Waals surface area contributed by atoms with Crippen LogP contribution in [0.2, 0.25) is 0 Å². The van der Waals surface area contributed by atoms with Crippen molar-refractivity contribution in [2.45, 2.75) is 0 Å². The van der Waals surface area contributed by atoms with Crippen molar-refractivity contribution in [2.24, 2.45) is 9.49 Å². The molecule has 0 aliphatic heterocycles. The third-order valence-corrected chi connectivity index (χ3v) is 17.4. The van der Waals surface area contributed by atoms with Gasteiger partial charge in [-0.15, -0.1) is 0 Å². The third-order valence-electron chi connectivity index (χ3n) is 10.1. The molecule has 0 atom stereocenters. The third kappa shape index (κ3) is 7.99. The summed E-state index contributed by atoms with van der Waals surface area (Å²) in [7, 11) is 4.68. The van der Waals surface area contributed by atoms with Crippen LogP contribution in [0.1, 0.15) is 0 Å². The first-order valence-electron chi connectivity index (χ1n) is 18.6. The maximum Gasteiger partial charge on any atom is 0.118 e. The summed E-state index contributed by atoms with van der Waals surface area (Å²) in [5.74, 6) is 4.64. The van der Waals surface area contributed by atoms with E-state index >= 15 is 0 Å². The first kappa shape index (κ1) is 40.0. The van der Waals surface area contributed by atoms with E-state index in [4.69, 9.17) is 37.9 Å². The largest absolute Gasteiger partial charge is 0.497 e. The fraction of sp³-hybridized carbons (Fsp3) is 0.125. The molecule has 10 heteroatoms. The molecule has 0 radical (unpaired) electrons. The van der Waals surface area contributed by atoms with E-state index in [0.29, 0.717) is 0 Å². The fourth-order valence-electron chi connectivity index (χ4n) is 6.96. The molecule has 0 aliphatic rings. The van der Waals surface area contributed by atoms with Gasteiger partial charge in [0.25, 0.3) is 0 Å². The van der Waals surface area contributed by atoms with Crippen LogP contribution in [0.3, 0.4) is 0 Å². The topological polar surface area (TPSA) is 80.1 Å². The lowest BCUT2D eigenvalue weighted by Crippen LogP contribution is -2.25. The van der Waals surface area contributed by atoms with Gasteiger partial charge in [-0.25, -0.2) is 0 Å². The molecule has 8 nitrogen and oxygen atoms in total. The van der Waals surface area contributed by atoms with Crippen LogP contribution >= 0.6 is 14.1 Å². The zero-order valence-electron chi connectivity index (χ0n) is 33.4. The molecule has 7 rings (SSSR count). The summed E-state index contributed by atoms with van der Waals surface area (Å²) in [5, 5.41) is 6.42. The molecule has 0 heterocycles. The predicted molar refractivity (Wildman–Crippen MR) is 240 cm³/mol. The van der Waals surface area contributed by atoms with Crippen molar-refractivity contribution < 1.29 is 28.4 Å². The highest BCUT2D eigenvalue weighted by Gasteiger charge is 2.30. The Labute approximate surface area is 341 Å². The summed E-state index contributed by atoms with van der Waals surface area (Å²) < 4.78 is 45.0. The minimum absolute atomic E-state index is 0.773. The molecule has 0 bridgehead atoms. The lowest BCUT2D eigenvalue weighted by Gasteiger charge is -2.28. The highest BCUT2D eigenvalue weighted by atomic mass is 31.2. The molecule has 0 amide bonds. The summed E-state index contributed by atoms with van der Waals surface area (Å²) in [6, 6.07) is 57.6. The number of hydrogen-bond acceptors (Lipinski definition) is 8. The molecule has 7 aromatic carbocycles. The van der Waals surface area contributed by atoms with E-state index in [-0.39, 0.29) is 0 Å². The second kappa shape index (κ2) is 17.9. The van der Waals surface area contributed by atoms with Crippen molar-refractivity contribution >= 4 is 57.3 Å². The van der Waals surface area contributed by atoms with Gasteiger partial charge in [-0.1, -0.05) is 0 Å². The maximum atomic E-state index is 5.75. The molecule has 0 saturated heterocycles. The van der Waals surface area contributed by atoms with E-state index in [2.05, 4.69) is 97.1 Å². The lowest BCUT2D eigenvalue weighted by atomic mass is 10.3. The predicted octanol–water partition coefficient (Wildman–Crippen LogP) is 9.36. The molecule has 7 aromatic rings. The second-order valence-electron chi connectivity index (χ2n) is 13.2. The SMILES string of the molecule is COc1ccc(P(=Nc2ccc(N=P(c3ccc(OC)cc3)(c3ccc(OC)cc3)c3ccc(OC)cc3)cc2)(c2ccc(OC)cc2)c2ccc(OC)cc2)cc1. The molecule has 0 fully saturated rings. The number of benzene rings is 7. The van der Waals surface area contributed by atoms with Gasteiger partial charge in [0.15, 0.2) is 0 Å². The zero-order chi connectivity index (χ0) is 40.5. The number of nitrogens with zero attached hydrogens (tertiary/aromatic N) is 2. The highest BCUT2D eigenvalue weighted by molar-refractivity contribution is 7.88. The summed E-state index contributed by atoms with van der Waals surface area (Å²) in [6.45, 7) is 0. The van der Waals surface area contributed by atoms with Crippen LogP contribution in [0.5, 0.6) is 34.5 Å². The van der Waals surface area contributed by atoms with Crippen LogP contribution in [0.4, 0.5) is 11.4 Å². The van der Waals surface area contributed by atoms with Gasteiger partial charge in [-0.2, -0.15) is 0 Å². The van der Waals surface area contributed by atoms with E-state index in [0.717, 1.165) is 77.7 Å². The first-order chi connectivity index (χ1) is 28.4. The normalized spacial score (nSPS) is 11.3. The van der Waals surface area contributed by atoms with Crippen LogP contribution in [-0.2, 0) is 0 Å². The maximum absolute atomic E-state index is 5.75. The van der Waals surface area contributed by atoms with Crippen molar-refractivity contribution in [3.05, 3.63) is 170 Å². The highest BCUT2D eigenvalue weighted by Crippen LogP contribution is 2.52. The van der Waals surface area contributed by atoms with Gasteiger partial charge in [0, 0.05) is 31.8 Å². The van der Waals surface area contributed by atoms with Gasteiger partial charge in [-0.05, 0) is 170 Å². The number of ether oxygens (including phenoxy) is 6. The molecular formula is C48H46N2O6P2. The van der Waals surface area contributed by atoms with Crippen LogP contribution in [-0.4, -0.2) is 42.7 Å². The van der Waals surface area contributed by atoms with E-state index in [9.17, 15) is 0 Å². The molecule has 0 spiro atoms. The molecule has 0 aromatic heterocycles. The van der Waals surface area contributed by atoms with Crippen molar-refractivity contribution in [3.8, 4) is 34.5 Å². The summed E-state index contributed by atoms with van der Waals surface area (Å²) >= 11 is 0. The van der Waals surface area contributed by atoms with Gasteiger partial charge in [0.1, 0.15) is 34.5 Å². The molecule has 0 saturated carbocycles. The van der Waals surface area contributed by atoms with Crippen molar-refractivity contribution in [1.82, 2.24) is 0 Å². The fourth-order valence-corrected chi connectivity index (χ4v) is 13.9. The minimum Gasteiger partial charge on any atom is -0.497 e. The summed E-state index contributed by atoms with van der Waals surface area (Å²) in [5.41, 5.74) is 1.63. The Kier molecular flexibility index (Phi) is 12.4. The van der Waals surface area contributed by atoms with Crippen LogP contribution in [0.25, 0.3) is 0 Å². The Balaban J connectivity index is 1.48. The monoisotopic (exact) mass is 808 g/mol. The average Bonchev–Trinajstić information content (AvgIpc) is 3.31. The minimum atomic E-state index is -2.69. The molecule has 0 N–H and O–H groups in total. The Hall–Kier alpha value is -6.20. The summed E-state index contributed by atoms with van der Waals surface area (Å²) in [4.78, 5) is 0. The molecule has 0 unspecified atom stereocenters. The molecular weight excluding hydrogens is 762 g/mol. The van der Waals surface area contributed by atoms with Gasteiger partial charge >= 0.3 is 0 Å². The number of methoxy groups -OCH3 is 6. The van der Waals surface area contributed by atoms with Gasteiger partial charge < -0.3 is 28.4 Å². The second-order valence-corrected chi connectivity index (χ2v) is 19.2. The van der Waals surface area contributed by atoms with E-state index in [1.807, 2.05) is 72.8 Å². The number of rotatable bonds is 14. The Morgan fingerprint density at radius 2 is 0.397 bits per heavy atom. The molecule has 0 aliphatic carbocycles. The van der Waals surface area contributed by atoms with Crippen LogP contribution < -0.4 is 60.2 Å². The molecule has 58 heavy (non-hydrogen) atoms. The zero-order valence-corrected chi connectivity index (χ0v) is 35.2. The Morgan fingerprint density at radius 1 is 0.241 bits per heavy atom.